The molecule has 1 aliphatic rings. The summed E-state index contributed by atoms with van der Waals surface area (Å²) in [6.45, 7) is 14.4. The van der Waals surface area contributed by atoms with Crippen molar-refractivity contribution in [2.75, 3.05) is 11.9 Å². The standard InChI is InChI=1S/C11H15N.C11H13N.C11H12O/c3*1-8(2)9-3-4-11-10(7-9)5-6-12-11/h3-4,7-8,12H,5-6H2,1-2H3;3-8,12H,1-2H3;3-8H,1-2H3. The van der Waals surface area contributed by atoms with Crippen molar-refractivity contribution in [2.24, 2.45) is 0 Å². The number of nitrogens with one attached hydrogen (secondary N) is 2. The van der Waals surface area contributed by atoms with E-state index in [1.807, 2.05) is 18.3 Å². The van der Waals surface area contributed by atoms with E-state index in [1.54, 1.807) is 6.26 Å². The Labute approximate surface area is 215 Å². The van der Waals surface area contributed by atoms with Gasteiger partial charge in [0.2, 0.25) is 0 Å². The monoisotopic (exact) mass is 480 g/mol. The van der Waals surface area contributed by atoms with Crippen molar-refractivity contribution < 1.29 is 4.42 Å². The fourth-order valence-electron chi connectivity index (χ4n) is 4.46. The minimum Gasteiger partial charge on any atom is -0.464 e. The van der Waals surface area contributed by atoms with Gasteiger partial charge in [-0.05, 0) is 94.3 Å². The second-order valence-corrected chi connectivity index (χ2v) is 10.6. The smallest absolute Gasteiger partial charge is 0.133 e. The van der Waals surface area contributed by atoms with Gasteiger partial charge in [0.25, 0.3) is 0 Å². The number of fused-ring (bicyclic) bond motifs is 3. The summed E-state index contributed by atoms with van der Waals surface area (Å²) in [5.74, 6) is 1.85. The maximum absolute atomic E-state index is 5.25. The third-order valence-corrected chi connectivity index (χ3v) is 6.89. The van der Waals surface area contributed by atoms with Crippen molar-refractivity contribution in [3.05, 3.63) is 101 Å². The Kier molecular flexibility index (Phi) is 8.20. The first kappa shape index (κ1) is 25.6. The summed E-state index contributed by atoms with van der Waals surface area (Å²) in [6, 6.07) is 23.8. The van der Waals surface area contributed by atoms with E-state index in [0.29, 0.717) is 17.8 Å². The van der Waals surface area contributed by atoms with E-state index in [1.165, 1.54) is 50.7 Å². The summed E-state index contributed by atoms with van der Waals surface area (Å²) in [5.41, 5.74) is 9.24. The molecule has 5 aromatic rings. The highest BCUT2D eigenvalue weighted by Crippen LogP contribution is 2.26. The van der Waals surface area contributed by atoms with Crippen molar-refractivity contribution in [3.63, 3.8) is 0 Å². The molecule has 0 radical (unpaired) electrons. The molecule has 0 unspecified atom stereocenters. The SMILES string of the molecule is CC(C)c1ccc2[nH]ccc2c1.CC(C)c1ccc2c(c1)CCN2.CC(C)c1ccc2occc2c1. The maximum Gasteiger partial charge on any atom is 0.133 e. The topological polar surface area (TPSA) is 41.0 Å². The quantitative estimate of drug-likeness (QED) is 0.270. The molecule has 3 heteroatoms. The van der Waals surface area contributed by atoms with Crippen LogP contribution in [-0.4, -0.2) is 11.5 Å². The number of benzene rings is 3. The van der Waals surface area contributed by atoms with Crippen molar-refractivity contribution >= 4 is 27.6 Å². The summed E-state index contributed by atoms with van der Waals surface area (Å²) in [7, 11) is 0. The number of H-pyrrole nitrogens is 1. The number of aromatic amines is 1. The molecule has 36 heavy (non-hydrogen) atoms. The van der Waals surface area contributed by atoms with E-state index in [4.69, 9.17) is 4.42 Å². The highest BCUT2D eigenvalue weighted by atomic mass is 16.3. The van der Waals surface area contributed by atoms with E-state index >= 15 is 0 Å². The molecule has 2 N–H and O–H groups in total. The normalized spacial score (nSPS) is 12.4. The first-order chi connectivity index (χ1) is 17.3. The van der Waals surface area contributed by atoms with Gasteiger partial charge in [-0.3, -0.25) is 0 Å². The molecule has 0 atom stereocenters. The predicted octanol–water partition coefficient (Wildman–Crippen LogP) is 9.63. The molecular formula is C33H40N2O. The van der Waals surface area contributed by atoms with Crippen molar-refractivity contribution in [1.29, 1.82) is 0 Å². The summed E-state index contributed by atoms with van der Waals surface area (Å²) < 4.78 is 5.25. The molecular weight excluding hydrogens is 440 g/mol. The lowest BCUT2D eigenvalue weighted by molar-refractivity contribution is 0.615. The summed E-state index contributed by atoms with van der Waals surface area (Å²) in [5, 5.41) is 5.87. The van der Waals surface area contributed by atoms with Gasteiger partial charge in [0.1, 0.15) is 5.58 Å². The molecule has 6 rings (SSSR count). The van der Waals surface area contributed by atoms with Crippen molar-refractivity contribution in [2.45, 2.75) is 65.7 Å². The molecule has 0 aliphatic carbocycles. The van der Waals surface area contributed by atoms with Gasteiger partial charge in [0.15, 0.2) is 0 Å². The molecule has 3 heterocycles. The minimum atomic E-state index is 0.587. The number of anilines is 1. The van der Waals surface area contributed by atoms with Gasteiger partial charge in [-0.15, -0.1) is 0 Å². The summed E-state index contributed by atoms with van der Waals surface area (Å²) in [4.78, 5) is 3.19. The van der Waals surface area contributed by atoms with Crippen LogP contribution in [0.1, 0.15) is 81.5 Å². The van der Waals surface area contributed by atoms with E-state index < -0.39 is 0 Å². The highest BCUT2D eigenvalue weighted by Gasteiger charge is 2.10. The van der Waals surface area contributed by atoms with Crippen LogP contribution < -0.4 is 5.32 Å². The molecule has 0 amide bonds. The Bertz CT molecular complexity index is 1330. The van der Waals surface area contributed by atoms with Gasteiger partial charge in [-0.25, -0.2) is 0 Å². The lowest BCUT2D eigenvalue weighted by atomic mass is 10.00. The van der Waals surface area contributed by atoms with E-state index in [9.17, 15) is 0 Å². The van der Waals surface area contributed by atoms with Crippen LogP contribution in [0.5, 0.6) is 0 Å². The fourth-order valence-corrected chi connectivity index (χ4v) is 4.46. The third kappa shape index (κ3) is 6.20. The minimum absolute atomic E-state index is 0.587. The van der Waals surface area contributed by atoms with Gasteiger partial charge in [-0.2, -0.15) is 0 Å². The van der Waals surface area contributed by atoms with Crippen molar-refractivity contribution in [3.8, 4) is 0 Å². The van der Waals surface area contributed by atoms with Crippen LogP contribution >= 0.6 is 0 Å². The van der Waals surface area contributed by atoms with Gasteiger partial charge in [0.05, 0.1) is 6.26 Å². The summed E-state index contributed by atoms with van der Waals surface area (Å²) in [6.07, 6.45) is 4.90. The molecule has 0 bridgehead atoms. The van der Waals surface area contributed by atoms with E-state index in [0.717, 1.165) is 12.1 Å². The largest absolute Gasteiger partial charge is 0.464 e. The molecule has 3 nitrogen and oxygen atoms in total. The zero-order valence-electron chi connectivity index (χ0n) is 22.6. The van der Waals surface area contributed by atoms with Crippen LogP contribution in [0, 0.1) is 0 Å². The molecule has 3 aromatic carbocycles. The highest BCUT2D eigenvalue weighted by molar-refractivity contribution is 5.80. The molecule has 1 aliphatic heterocycles. The maximum atomic E-state index is 5.25. The van der Waals surface area contributed by atoms with Crippen LogP contribution in [0.3, 0.4) is 0 Å². The number of hydrogen-bond acceptors (Lipinski definition) is 2. The van der Waals surface area contributed by atoms with Crippen molar-refractivity contribution in [1.82, 2.24) is 4.98 Å². The lowest BCUT2D eigenvalue weighted by Crippen LogP contribution is -1.90. The molecule has 2 aromatic heterocycles. The Morgan fingerprint density at radius 3 is 2.03 bits per heavy atom. The zero-order chi connectivity index (χ0) is 25.7. The fraction of sp³-hybridized carbons (Fsp3) is 0.333. The van der Waals surface area contributed by atoms with Crippen LogP contribution in [0.25, 0.3) is 21.9 Å². The average molecular weight is 481 g/mol. The summed E-state index contributed by atoms with van der Waals surface area (Å²) >= 11 is 0. The Hall–Kier alpha value is -3.46. The van der Waals surface area contributed by atoms with Gasteiger partial charge in [-0.1, -0.05) is 65.8 Å². The van der Waals surface area contributed by atoms with E-state index in [-0.39, 0.29) is 0 Å². The molecule has 0 fully saturated rings. The Morgan fingerprint density at radius 1 is 0.667 bits per heavy atom. The predicted molar refractivity (Wildman–Crippen MR) is 155 cm³/mol. The second kappa shape index (κ2) is 11.5. The lowest BCUT2D eigenvalue weighted by Gasteiger charge is -2.07. The second-order valence-electron chi connectivity index (χ2n) is 10.6. The van der Waals surface area contributed by atoms with Gasteiger partial charge in [0, 0.05) is 29.3 Å². The third-order valence-electron chi connectivity index (χ3n) is 6.89. The van der Waals surface area contributed by atoms with Crippen LogP contribution in [0.15, 0.2) is 83.6 Å². The zero-order valence-corrected chi connectivity index (χ0v) is 22.6. The number of rotatable bonds is 3. The first-order valence-corrected chi connectivity index (χ1v) is 13.2. The average Bonchev–Trinajstić information content (AvgIpc) is 3.63. The van der Waals surface area contributed by atoms with Crippen LogP contribution in [0.2, 0.25) is 0 Å². The van der Waals surface area contributed by atoms with Gasteiger partial charge < -0.3 is 14.7 Å². The number of hydrogen-bond donors (Lipinski definition) is 2. The van der Waals surface area contributed by atoms with Gasteiger partial charge >= 0.3 is 0 Å². The molecule has 0 saturated heterocycles. The molecule has 0 spiro atoms. The molecule has 0 saturated carbocycles. The Morgan fingerprint density at radius 2 is 1.31 bits per heavy atom. The van der Waals surface area contributed by atoms with Crippen LogP contribution in [-0.2, 0) is 6.42 Å². The Balaban J connectivity index is 0.000000127. The molecule has 188 valence electrons. The first-order valence-electron chi connectivity index (χ1n) is 13.2. The number of aromatic nitrogens is 1. The number of furan rings is 1. The van der Waals surface area contributed by atoms with Crippen LogP contribution in [0.4, 0.5) is 5.69 Å². The van der Waals surface area contributed by atoms with E-state index in [2.05, 4.69) is 106 Å².